The molecule has 5 aromatic rings. The van der Waals surface area contributed by atoms with Crippen LogP contribution in [0.4, 0.5) is 0 Å². The summed E-state index contributed by atoms with van der Waals surface area (Å²) in [6.45, 7) is 14.1. The van der Waals surface area contributed by atoms with Crippen molar-refractivity contribution in [1.82, 2.24) is 4.98 Å². The Bertz CT molecular complexity index is 1620. The monoisotopic (exact) mass is 615 g/mol. The van der Waals surface area contributed by atoms with Gasteiger partial charge in [0, 0.05) is 0 Å². The number of hydrogen-bond donors (Lipinski definition) is 0. The number of fused-ring (bicyclic) bond motifs is 2. The first-order chi connectivity index (χ1) is 18.1. The summed E-state index contributed by atoms with van der Waals surface area (Å²) in [7, 11) is 0. The Morgan fingerprint density at radius 2 is 1.55 bits per heavy atom. The molecule has 1 nitrogen and oxygen atoms in total. The summed E-state index contributed by atoms with van der Waals surface area (Å²) < 4.78 is 3.08. The van der Waals surface area contributed by atoms with E-state index in [-0.39, 0.29) is 5.41 Å². The number of rotatable bonds is 3. The zero-order valence-corrected chi connectivity index (χ0v) is 26.0. The summed E-state index contributed by atoms with van der Waals surface area (Å²) in [6, 6.07) is 25.5. The normalized spacial score (nSPS) is 16.4. The van der Waals surface area contributed by atoms with Crippen LogP contribution in [-0.2, 0) is 5.41 Å². The average molecular weight is 613 g/mol. The van der Waals surface area contributed by atoms with Gasteiger partial charge in [-0.15, -0.1) is 0 Å². The molecule has 1 aliphatic carbocycles. The molecule has 0 atom stereocenters. The molecule has 0 radical (unpaired) electrons. The van der Waals surface area contributed by atoms with Crippen molar-refractivity contribution in [3.05, 3.63) is 89.6 Å². The van der Waals surface area contributed by atoms with Crippen LogP contribution in [0.3, 0.4) is 0 Å². The van der Waals surface area contributed by atoms with Crippen LogP contribution < -0.4 is 0 Å². The van der Waals surface area contributed by atoms with E-state index in [1.54, 1.807) is 3.58 Å². The Morgan fingerprint density at radius 1 is 0.842 bits per heavy atom. The molecule has 0 spiro atoms. The first-order valence-corrected chi connectivity index (χ1v) is 16.5. The summed E-state index contributed by atoms with van der Waals surface area (Å²) in [5.41, 5.74) is 8.85. The number of nitrogens with zero attached hydrogens (tertiary/aromatic N) is 1. The third-order valence-electron chi connectivity index (χ3n) is 8.78. The molecule has 194 valence electrons. The van der Waals surface area contributed by atoms with E-state index < -0.39 is 20.4 Å². The predicted molar refractivity (Wildman–Crippen MR) is 165 cm³/mol. The first-order valence-electron chi connectivity index (χ1n) is 14.1. The Morgan fingerprint density at radius 3 is 2.26 bits per heavy atom. The fourth-order valence-corrected chi connectivity index (χ4v) is 10.1. The molecule has 0 amide bonds. The summed E-state index contributed by atoms with van der Waals surface area (Å²) in [6.07, 6.45) is 7.35. The zero-order valence-electron chi connectivity index (χ0n) is 23.7. The van der Waals surface area contributed by atoms with E-state index in [2.05, 4.69) is 108 Å². The second kappa shape index (κ2) is 9.66. The van der Waals surface area contributed by atoms with Crippen LogP contribution in [0, 0.1) is 12.3 Å². The quantitative estimate of drug-likeness (QED) is 0.185. The van der Waals surface area contributed by atoms with Gasteiger partial charge in [0.15, 0.2) is 0 Å². The summed E-state index contributed by atoms with van der Waals surface area (Å²) in [5.74, 6) is 0.727. The molecule has 0 aliphatic heterocycles. The van der Waals surface area contributed by atoms with Gasteiger partial charge in [-0.2, -0.15) is 0 Å². The topological polar surface area (TPSA) is 12.9 Å². The molecular formula is C36H39NTe. The van der Waals surface area contributed by atoms with E-state index in [9.17, 15) is 0 Å². The zero-order chi connectivity index (χ0) is 26.7. The van der Waals surface area contributed by atoms with E-state index in [4.69, 9.17) is 4.98 Å². The maximum absolute atomic E-state index is 5.01. The molecule has 6 rings (SSSR count). The molecule has 2 heterocycles. The standard InChI is InChI=1S/C36H39NTe/c1-23-29-17-20-37-32(28-21-27-9-7-8-10-30(27)31(22-28)35(2,3)4)34(29)38-33(23)26-13-11-24(12-14-26)25-15-18-36(5,6)19-16-25/h7-14,17,20-22,25H,15-16,18-19H2,1-6H3. The van der Waals surface area contributed by atoms with Gasteiger partial charge >= 0.3 is 239 Å². The van der Waals surface area contributed by atoms with Crippen molar-refractivity contribution in [2.75, 3.05) is 0 Å². The predicted octanol–water partition coefficient (Wildman–Crippen LogP) is 10.1. The molecule has 38 heavy (non-hydrogen) atoms. The van der Waals surface area contributed by atoms with Crippen molar-refractivity contribution >= 4 is 40.0 Å². The van der Waals surface area contributed by atoms with Crippen LogP contribution >= 0.6 is 0 Å². The molecule has 1 aliphatic rings. The molecule has 3 aromatic carbocycles. The summed E-state index contributed by atoms with van der Waals surface area (Å²) in [4.78, 5) is 5.01. The van der Waals surface area contributed by atoms with Gasteiger partial charge in [-0.1, -0.05) is 0 Å². The van der Waals surface area contributed by atoms with E-state index in [1.165, 1.54) is 78.8 Å². The molecule has 0 bridgehead atoms. The number of benzene rings is 3. The van der Waals surface area contributed by atoms with Crippen molar-refractivity contribution in [2.45, 2.75) is 78.6 Å². The average Bonchev–Trinajstić information content (AvgIpc) is 3.24. The van der Waals surface area contributed by atoms with Gasteiger partial charge in [-0.05, 0) is 0 Å². The van der Waals surface area contributed by atoms with Crippen molar-refractivity contribution in [3.63, 3.8) is 0 Å². The SMILES string of the molecule is Cc1c(-c2ccc(C3CCC(C)(C)CC3)cc2)[te]c2c(-c3cc(C(C)(C)C)c4ccccc4c3)nccc12. The van der Waals surface area contributed by atoms with Crippen LogP contribution in [0.15, 0.2) is 72.9 Å². The minimum atomic E-state index is -0.542. The Hall–Kier alpha value is -2.40. The van der Waals surface area contributed by atoms with Gasteiger partial charge in [0.1, 0.15) is 0 Å². The van der Waals surface area contributed by atoms with E-state index in [0.29, 0.717) is 5.41 Å². The Balaban J connectivity index is 1.41. The second-order valence-corrected chi connectivity index (χ2v) is 16.1. The van der Waals surface area contributed by atoms with E-state index >= 15 is 0 Å². The molecule has 1 fully saturated rings. The van der Waals surface area contributed by atoms with E-state index in [1.807, 2.05) is 6.20 Å². The third-order valence-corrected chi connectivity index (χ3v) is 12.7. The Labute approximate surface area is 237 Å². The third kappa shape index (κ3) is 4.76. The fraction of sp³-hybridized carbons (Fsp3) is 0.361. The van der Waals surface area contributed by atoms with Crippen LogP contribution in [0.2, 0.25) is 0 Å². The molecule has 0 saturated heterocycles. The van der Waals surface area contributed by atoms with Crippen molar-refractivity contribution in [3.8, 4) is 20.4 Å². The molecule has 0 N–H and O–H groups in total. The first kappa shape index (κ1) is 25.9. The number of aromatic nitrogens is 1. The Kier molecular flexibility index (Phi) is 6.57. The summed E-state index contributed by atoms with van der Waals surface area (Å²) in [5, 5.41) is 4.07. The molecule has 2 heteroatoms. The van der Waals surface area contributed by atoms with Gasteiger partial charge in [0.2, 0.25) is 0 Å². The fourth-order valence-electron chi connectivity index (χ4n) is 6.34. The van der Waals surface area contributed by atoms with Gasteiger partial charge in [-0.3, -0.25) is 0 Å². The van der Waals surface area contributed by atoms with Gasteiger partial charge in [0.05, 0.1) is 0 Å². The molecule has 2 aromatic heterocycles. The van der Waals surface area contributed by atoms with Crippen LogP contribution in [0.25, 0.3) is 40.0 Å². The molecule has 1 saturated carbocycles. The number of hydrogen-bond acceptors (Lipinski definition) is 1. The van der Waals surface area contributed by atoms with E-state index in [0.717, 1.165) is 5.92 Å². The van der Waals surface area contributed by atoms with Crippen LogP contribution in [0.1, 0.15) is 82.9 Å². The number of aryl methyl sites for hydroxylation is 1. The van der Waals surface area contributed by atoms with Gasteiger partial charge in [0.25, 0.3) is 0 Å². The van der Waals surface area contributed by atoms with Gasteiger partial charge < -0.3 is 0 Å². The van der Waals surface area contributed by atoms with Crippen LogP contribution in [-0.4, -0.2) is 25.4 Å². The molecule has 0 unspecified atom stereocenters. The molecular weight excluding hydrogens is 574 g/mol. The van der Waals surface area contributed by atoms with Gasteiger partial charge in [-0.25, -0.2) is 0 Å². The minimum absolute atomic E-state index is 0.0689. The van der Waals surface area contributed by atoms with Crippen LogP contribution in [0.5, 0.6) is 0 Å². The second-order valence-electron chi connectivity index (χ2n) is 13.1. The van der Waals surface area contributed by atoms with Crippen molar-refractivity contribution < 1.29 is 0 Å². The van der Waals surface area contributed by atoms with Crippen molar-refractivity contribution in [1.29, 1.82) is 0 Å². The summed E-state index contributed by atoms with van der Waals surface area (Å²) >= 11 is -0.542. The van der Waals surface area contributed by atoms with Crippen molar-refractivity contribution in [2.24, 2.45) is 5.41 Å². The maximum atomic E-state index is 5.01. The number of pyridine rings is 1.